The zero-order valence-corrected chi connectivity index (χ0v) is 14.6. The summed E-state index contributed by atoms with van der Waals surface area (Å²) in [7, 11) is 0. The van der Waals surface area contributed by atoms with E-state index in [0.29, 0.717) is 12.8 Å². The first-order chi connectivity index (χ1) is 11.4. The number of aliphatic carboxylic acids is 2. The van der Waals surface area contributed by atoms with Crippen molar-refractivity contribution < 1.29 is 24.5 Å². The summed E-state index contributed by atoms with van der Waals surface area (Å²) in [5, 5.41) is 17.4. The number of ether oxygens (including phenoxy) is 1. The first-order valence-corrected chi connectivity index (χ1v) is 8.60. The van der Waals surface area contributed by atoms with Crippen LogP contribution in [0.4, 0.5) is 0 Å². The third-order valence-corrected chi connectivity index (χ3v) is 3.72. The van der Waals surface area contributed by atoms with E-state index in [1.807, 2.05) is 32.0 Å². The first-order valence-electron chi connectivity index (χ1n) is 8.60. The highest BCUT2D eigenvalue weighted by Crippen LogP contribution is 2.23. The Morgan fingerprint density at radius 1 is 0.917 bits per heavy atom. The second-order valence-corrected chi connectivity index (χ2v) is 6.30. The maximum absolute atomic E-state index is 10.6. The molecule has 0 aliphatic rings. The van der Waals surface area contributed by atoms with E-state index in [1.54, 1.807) is 0 Å². The normalized spacial score (nSPS) is 10.8. The topological polar surface area (TPSA) is 83.8 Å². The van der Waals surface area contributed by atoms with Gasteiger partial charge >= 0.3 is 11.9 Å². The van der Waals surface area contributed by atoms with Crippen LogP contribution in [0.3, 0.4) is 0 Å². The molecule has 1 aromatic rings. The van der Waals surface area contributed by atoms with Crippen molar-refractivity contribution in [1.82, 2.24) is 0 Å². The van der Waals surface area contributed by atoms with E-state index in [9.17, 15) is 9.59 Å². The molecule has 0 amide bonds. The van der Waals surface area contributed by atoms with Gasteiger partial charge in [-0.25, -0.2) is 0 Å². The smallest absolute Gasteiger partial charge is 0.303 e. The zero-order valence-electron chi connectivity index (χ0n) is 14.6. The van der Waals surface area contributed by atoms with Crippen LogP contribution in [0.25, 0.3) is 0 Å². The molecular formula is C19H28O5. The molecule has 1 rings (SSSR count). The number of hydrogen-bond donors (Lipinski definition) is 2. The van der Waals surface area contributed by atoms with Gasteiger partial charge in [-0.05, 0) is 75.6 Å². The van der Waals surface area contributed by atoms with Crippen molar-refractivity contribution >= 4 is 11.9 Å². The molecule has 0 atom stereocenters. The Bertz CT molecular complexity index is 537. The van der Waals surface area contributed by atoms with Crippen molar-refractivity contribution in [3.8, 4) is 5.75 Å². The lowest BCUT2D eigenvalue weighted by atomic mass is 9.96. The van der Waals surface area contributed by atoms with Gasteiger partial charge in [0.25, 0.3) is 0 Å². The van der Waals surface area contributed by atoms with Gasteiger partial charge in [0, 0.05) is 12.8 Å². The molecule has 0 heterocycles. The van der Waals surface area contributed by atoms with E-state index >= 15 is 0 Å². The number of carboxylic acid groups (broad SMARTS) is 2. The van der Waals surface area contributed by atoms with Gasteiger partial charge in [0.05, 0.1) is 6.10 Å². The molecule has 0 saturated carbocycles. The van der Waals surface area contributed by atoms with Crippen LogP contribution in [0.15, 0.2) is 18.2 Å². The molecule has 134 valence electrons. The summed E-state index contributed by atoms with van der Waals surface area (Å²) in [5.74, 6) is -0.696. The summed E-state index contributed by atoms with van der Waals surface area (Å²) >= 11 is 0. The molecule has 24 heavy (non-hydrogen) atoms. The van der Waals surface area contributed by atoms with Gasteiger partial charge in [0.2, 0.25) is 0 Å². The van der Waals surface area contributed by atoms with Crippen molar-refractivity contribution in [2.24, 2.45) is 0 Å². The Labute approximate surface area is 143 Å². The van der Waals surface area contributed by atoms with Gasteiger partial charge in [0.15, 0.2) is 0 Å². The first kappa shape index (κ1) is 20.0. The van der Waals surface area contributed by atoms with Crippen LogP contribution in [-0.2, 0) is 22.4 Å². The number of benzene rings is 1. The Hall–Kier alpha value is -2.04. The van der Waals surface area contributed by atoms with E-state index in [-0.39, 0.29) is 18.9 Å². The van der Waals surface area contributed by atoms with Crippen LogP contribution in [0, 0.1) is 0 Å². The monoisotopic (exact) mass is 336 g/mol. The number of hydrogen-bond acceptors (Lipinski definition) is 3. The fourth-order valence-corrected chi connectivity index (χ4v) is 2.61. The maximum Gasteiger partial charge on any atom is 0.303 e. The standard InChI is InChI=1S/C19H28O5/c1-14(2)24-17-12-11-15(7-3-5-9-18(20)21)16(13-17)8-4-6-10-19(22)23/h11-14H,3-10H2,1-2H3,(H,20,21)(H,22,23). The molecule has 5 heteroatoms. The fourth-order valence-electron chi connectivity index (χ4n) is 2.61. The minimum atomic E-state index is -0.763. The van der Waals surface area contributed by atoms with Gasteiger partial charge in [-0.1, -0.05) is 6.07 Å². The molecule has 0 aromatic heterocycles. The van der Waals surface area contributed by atoms with Crippen molar-refractivity contribution in [1.29, 1.82) is 0 Å². The highest BCUT2D eigenvalue weighted by atomic mass is 16.5. The Morgan fingerprint density at radius 2 is 1.46 bits per heavy atom. The highest BCUT2D eigenvalue weighted by molar-refractivity contribution is 5.66. The van der Waals surface area contributed by atoms with Crippen molar-refractivity contribution in [2.45, 2.75) is 71.3 Å². The Balaban J connectivity index is 2.67. The summed E-state index contributed by atoms with van der Waals surface area (Å²) in [6.07, 6.45) is 5.12. The largest absolute Gasteiger partial charge is 0.491 e. The van der Waals surface area contributed by atoms with E-state index in [4.69, 9.17) is 14.9 Å². The molecule has 0 radical (unpaired) electrons. The van der Waals surface area contributed by atoms with Gasteiger partial charge < -0.3 is 14.9 Å². The molecule has 0 spiro atoms. The molecule has 0 fully saturated rings. The average Bonchev–Trinajstić information content (AvgIpc) is 2.48. The van der Waals surface area contributed by atoms with Crippen molar-refractivity contribution in [3.05, 3.63) is 29.3 Å². The molecular weight excluding hydrogens is 308 g/mol. The van der Waals surface area contributed by atoms with Gasteiger partial charge in [-0.15, -0.1) is 0 Å². The zero-order chi connectivity index (χ0) is 17.9. The second-order valence-electron chi connectivity index (χ2n) is 6.30. The van der Waals surface area contributed by atoms with Crippen molar-refractivity contribution in [3.63, 3.8) is 0 Å². The quantitative estimate of drug-likeness (QED) is 0.562. The molecule has 0 unspecified atom stereocenters. The average molecular weight is 336 g/mol. The predicted molar refractivity (Wildman–Crippen MR) is 92.6 cm³/mol. The predicted octanol–water partition coefficient (Wildman–Crippen LogP) is 4.07. The lowest BCUT2D eigenvalue weighted by Crippen LogP contribution is -2.06. The molecule has 0 aliphatic heterocycles. The third-order valence-electron chi connectivity index (χ3n) is 3.72. The van der Waals surface area contributed by atoms with Gasteiger partial charge in [0.1, 0.15) is 5.75 Å². The van der Waals surface area contributed by atoms with Crippen LogP contribution in [0.1, 0.15) is 63.5 Å². The Kier molecular flexibility index (Phi) is 8.90. The lowest BCUT2D eigenvalue weighted by Gasteiger charge is -2.14. The summed E-state index contributed by atoms with van der Waals surface area (Å²) < 4.78 is 5.74. The minimum Gasteiger partial charge on any atom is -0.491 e. The van der Waals surface area contributed by atoms with Crippen LogP contribution >= 0.6 is 0 Å². The van der Waals surface area contributed by atoms with Crippen LogP contribution in [0.2, 0.25) is 0 Å². The molecule has 2 N–H and O–H groups in total. The number of carboxylic acids is 2. The number of unbranched alkanes of at least 4 members (excludes halogenated alkanes) is 2. The number of carbonyl (C=O) groups is 2. The fraction of sp³-hybridized carbons (Fsp3) is 0.579. The molecule has 5 nitrogen and oxygen atoms in total. The maximum atomic E-state index is 10.6. The second kappa shape index (κ2) is 10.7. The third kappa shape index (κ3) is 8.56. The van der Waals surface area contributed by atoms with Crippen LogP contribution in [0.5, 0.6) is 5.75 Å². The molecule has 0 aliphatic carbocycles. The van der Waals surface area contributed by atoms with E-state index in [1.165, 1.54) is 11.1 Å². The van der Waals surface area contributed by atoms with Crippen LogP contribution < -0.4 is 4.74 Å². The molecule has 1 aromatic carbocycles. The van der Waals surface area contributed by atoms with Gasteiger partial charge in [-0.2, -0.15) is 0 Å². The number of aryl methyl sites for hydroxylation is 2. The summed E-state index contributed by atoms with van der Waals surface area (Å²) in [5.41, 5.74) is 2.38. The molecule has 0 saturated heterocycles. The number of rotatable bonds is 12. The Morgan fingerprint density at radius 3 is 1.96 bits per heavy atom. The SMILES string of the molecule is CC(C)Oc1ccc(CCCCC(=O)O)c(CCCCC(=O)O)c1. The summed E-state index contributed by atoms with van der Waals surface area (Å²) in [6, 6.07) is 6.03. The van der Waals surface area contributed by atoms with Gasteiger partial charge in [-0.3, -0.25) is 9.59 Å². The lowest BCUT2D eigenvalue weighted by molar-refractivity contribution is -0.138. The van der Waals surface area contributed by atoms with E-state index in [0.717, 1.165) is 31.4 Å². The van der Waals surface area contributed by atoms with E-state index in [2.05, 4.69) is 0 Å². The highest BCUT2D eigenvalue weighted by Gasteiger charge is 2.08. The van der Waals surface area contributed by atoms with E-state index < -0.39 is 11.9 Å². The summed E-state index contributed by atoms with van der Waals surface area (Å²) in [6.45, 7) is 3.96. The molecule has 0 bridgehead atoms. The van der Waals surface area contributed by atoms with Crippen molar-refractivity contribution in [2.75, 3.05) is 0 Å². The van der Waals surface area contributed by atoms with Crippen LogP contribution in [-0.4, -0.2) is 28.3 Å². The summed E-state index contributed by atoms with van der Waals surface area (Å²) in [4.78, 5) is 21.2. The minimum absolute atomic E-state index is 0.103.